The molecule has 0 aliphatic heterocycles. The number of carboxylic acid groups (broad SMARTS) is 1. The van der Waals surface area contributed by atoms with Crippen LogP contribution in [0.2, 0.25) is 5.02 Å². The van der Waals surface area contributed by atoms with Crippen LogP contribution in [0.4, 0.5) is 0 Å². The van der Waals surface area contributed by atoms with Crippen molar-refractivity contribution in [1.82, 2.24) is 0 Å². The number of hydrogen-bond acceptors (Lipinski definition) is 2. The number of carbonyl (C=O) groups is 1. The number of halogens is 1. The quantitative estimate of drug-likeness (QED) is 0.853. The van der Waals surface area contributed by atoms with Crippen LogP contribution in [0.3, 0.4) is 0 Å². The Labute approximate surface area is 123 Å². The molecule has 20 heavy (non-hydrogen) atoms. The molecule has 1 atom stereocenters. The largest absolute Gasteiger partial charge is 0.489 e. The molecule has 1 aromatic rings. The summed E-state index contributed by atoms with van der Waals surface area (Å²) >= 11 is 6.29. The molecule has 0 heterocycles. The Morgan fingerprint density at radius 1 is 1.35 bits per heavy atom. The lowest BCUT2D eigenvalue weighted by molar-refractivity contribution is -0.137. The Bertz CT molecular complexity index is 506. The zero-order valence-electron chi connectivity index (χ0n) is 11.3. The van der Waals surface area contributed by atoms with Crippen LogP contribution >= 0.6 is 11.6 Å². The van der Waals surface area contributed by atoms with E-state index in [1.807, 2.05) is 18.2 Å². The highest BCUT2D eigenvalue weighted by Gasteiger charge is 2.34. The molecule has 2 aliphatic rings. The molecule has 4 heteroatoms. The van der Waals surface area contributed by atoms with Crippen LogP contribution in [0.25, 0.3) is 0 Å². The topological polar surface area (TPSA) is 46.5 Å². The molecule has 0 spiro atoms. The van der Waals surface area contributed by atoms with Crippen LogP contribution in [0.15, 0.2) is 18.2 Å². The molecule has 0 amide bonds. The van der Waals surface area contributed by atoms with Gasteiger partial charge in [0.15, 0.2) is 0 Å². The van der Waals surface area contributed by atoms with Gasteiger partial charge in [0.25, 0.3) is 0 Å². The van der Waals surface area contributed by atoms with Crippen molar-refractivity contribution in [2.75, 3.05) is 0 Å². The van der Waals surface area contributed by atoms with E-state index in [4.69, 9.17) is 21.4 Å². The summed E-state index contributed by atoms with van der Waals surface area (Å²) in [6.07, 6.45) is 6.15. The van der Waals surface area contributed by atoms with Crippen molar-refractivity contribution in [3.05, 3.63) is 28.8 Å². The SMILES string of the molecule is O=C(O)CC(c1ccc(OC2CCC2)c(Cl)c1)C1CC1. The van der Waals surface area contributed by atoms with E-state index in [1.165, 1.54) is 6.42 Å². The molecule has 2 saturated carbocycles. The van der Waals surface area contributed by atoms with Crippen molar-refractivity contribution in [2.24, 2.45) is 5.92 Å². The molecule has 1 unspecified atom stereocenters. The Morgan fingerprint density at radius 3 is 2.60 bits per heavy atom. The van der Waals surface area contributed by atoms with Gasteiger partial charge in [0.1, 0.15) is 5.75 Å². The second-order valence-electron chi connectivity index (χ2n) is 5.90. The summed E-state index contributed by atoms with van der Waals surface area (Å²) in [5.41, 5.74) is 1.03. The van der Waals surface area contributed by atoms with Crippen LogP contribution in [0, 0.1) is 5.92 Å². The van der Waals surface area contributed by atoms with Gasteiger partial charge in [-0.3, -0.25) is 4.79 Å². The summed E-state index contributed by atoms with van der Waals surface area (Å²) in [5.74, 6) is 0.570. The molecule has 3 nitrogen and oxygen atoms in total. The third-order valence-electron chi connectivity index (χ3n) is 4.32. The van der Waals surface area contributed by atoms with Crippen molar-refractivity contribution in [3.8, 4) is 5.75 Å². The minimum Gasteiger partial charge on any atom is -0.489 e. The van der Waals surface area contributed by atoms with E-state index in [2.05, 4.69) is 0 Å². The number of ether oxygens (including phenoxy) is 1. The highest BCUT2D eigenvalue weighted by atomic mass is 35.5. The first-order valence-corrected chi connectivity index (χ1v) is 7.69. The fourth-order valence-corrected chi connectivity index (χ4v) is 2.99. The minimum absolute atomic E-state index is 0.0859. The fourth-order valence-electron chi connectivity index (χ4n) is 2.75. The van der Waals surface area contributed by atoms with Gasteiger partial charge in [-0.05, 0) is 61.6 Å². The molecule has 0 saturated heterocycles. The zero-order valence-corrected chi connectivity index (χ0v) is 12.1. The molecule has 0 radical (unpaired) electrons. The number of carboxylic acids is 1. The maximum Gasteiger partial charge on any atom is 0.303 e. The van der Waals surface area contributed by atoms with Crippen LogP contribution in [-0.4, -0.2) is 17.2 Å². The molecule has 0 bridgehead atoms. The molecule has 2 aliphatic carbocycles. The van der Waals surface area contributed by atoms with Crippen LogP contribution in [-0.2, 0) is 4.79 Å². The summed E-state index contributed by atoms with van der Waals surface area (Å²) in [5, 5.41) is 9.65. The van der Waals surface area contributed by atoms with Gasteiger partial charge in [-0.2, -0.15) is 0 Å². The molecular weight excluding hydrogens is 276 g/mol. The molecular formula is C16H19ClO3. The van der Waals surface area contributed by atoms with E-state index in [-0.39, 0.29) is 12.3 Å². The fraction of sp³-hybridized carbons (Fsp3) is 0.562. The highest BCUT2D eigenvalue weighted by Crippen LogP contribution is 2.45. The molecule has 0 aromatic heterocycles. The Morgan fingerprint density at radius 2 is 2.10 bits per heavy atom. The van der Waals surface area contributed by atoms with Crippen LogP contribution < -0.4 is 4.74 Å². The van der Waals surface area contributed by atoms with E-state index in [0.717, 1.165) is 37.0 Å². The van der Waals surface area contributed by atoms with E-state index < -0.39 is 5.97 Å². The lowest BCUT2D eigenvalue weighted by atomic mass is 9.91. The summed E-state index contributed by atoms with van der Waals surface area (Å²) in [4.78, 5) is 11.0. The Kier molecular flexibility index (Phi) is 3.88. The van der Waals surface area contributed by atoms with E-state index in [0.29, 0.717) is 17.0 Å². The smallest absolute Gasteiger partial charge is 0.303 e. The van der Waals surface area contributed by atoms with Gasteiger partial charge in [-0.15, -0.1) is 0 Å². The van der Waals surface area contributed by atoms with Crippen molar-refractivity contribution in [1.29, 1.82) is 0 Å². The Balaban J connectivity index is 1.75. The molecule has 3 rings (SSSR count). The first kappa shape index (κ1) is 13.7. The number of rotatable bonds is 6. The lowest BCUT2D eigenvalue weighted by Crippen LogP contribution is -2.24. The first-order valence-electron chi connectivity index (χ1n) is 7.31. The van der Waals surface area contributed by atoms with Gasteiger partial charge in [0, 0.05) is 0 Å². The van der Waals surface area contributed by atoms with Gasteiger partial charge in [-0.25, -0.2) is 0 Å². The summed E-state index contributed by atoms with van der Waals surface area (Å²) in [7, 11) is 0. The molecule has 1 N–H and O–H groups in total. The second-order valence-corrected chi connectivity index (χ2v) is 6.31. The number of hydrogen-bond donors (Lipinski definition) is 1. The van der Waals surface area contributed by atoms with E-state index >= 15 is 0 Å². The Hall–Kier alpha value is -1.22. The summed E-state index contributed by atoms with van der Waals surface area (Å²) in [6, 6.07) is 5.76. The predicted molar refractivity (Wildman–Crippen MR) is 77.4 cm³/mol. The van der Waals surface area contributed by atoms with Gasteiger partial charge in [0.05, 0.1) is 17.5 Å². The van der Waals surface area contributed by atoms with Crippen LogP contribution in [0.5, 0.6) is 5.75 Å². The minimum atomic E-state index is -0.743. The normalized spacial score (nSPS) is 20.2. The third kappa shape index (κ3) is 3.09. The lowest BCUT2D eigenvalue weighted by Gasteiger charge is -2.27. The summed E-state index contributed by atoms with van der Waals surface area (Å²) < 4.78 is 5.82. The van der Waals surface area contributed by atoms with Gasteiger partial charge in [-0.1, -0.05) is 17.7 Å². The first-order chi connectivity index (χ1) is 9.63. The maximum absolute atomic E-state index is 11.0. The van der Waals surface area contributed by atoms with Gasteiger partial charge < -0.3 is 9.84 Å². The molecule has 108 valence electrons. The van der Waals surface area contributed by atoms with Gasteiger partial charge in [0.2, 0.25) is 0 Å². The van der Waals surface area contributed by atoms with E-state index in [1.54, 1.807) is 0 Å². The third-order valence-corrected chi connectivity index (χ3v) is 4.61. The van der Waals surface area contributed by atoms with E-state index in [9.17, 15) is 4.79 Å². The number of benzene rings is 1. The number of aliphatic carboxylic acids is 1. The molecule has 2 fully saturated rings. The summed E-state index contributed by atoms with van der Waals surface area (Å²) in [6.45, 7) is 0. The highest BCUT2D eigenvalue weighted by molar-refractivity contribution is 6.32. The van der Waals surface area contributed by atoms with Crippen molar-refractivity contribution >= 4 is 17.6 Å². The monoisotopic (exact) mass is 294 g/mol. The second kappa shape index (κ2) is 5.65. The maximum atomic E-state index is 11.0. The average molecular weight is 295 g/mol. The van der Waals surface area contributed by atoms with Crippen molar-refractivity contribution in [2.45, 2.75) is 50.5 Å². The van der Waals surface area contributed by atoms with Crippen molar-refractivity contribution < 1.29 is 14.6 Å². The predicted octanol–water partition coefficient (Wildman–Crippen LogP) is 4.24. The van der Waals surface area contributed by atoms with Crippen molar-refractivity contribution in [3.63, 3.8) is 0 Å². The van der Waals surface area contributed by atoms with Crippen LogP contribution in [0.1, 0.15) is 50.0 Å². The molecule has 1 aromatic carbocycles. The zero-order chi connectivity index (χ0) is 14.1. The average Bonchev–Trinajstić information content (AvgIpc) is 3.16. The standard InChI is InChI=1S/C16H19ClO3/c17-14-8-11(13(9-16(18)19)10-4-5-10)6-7-15(14)20-12-2-1-3-12/h6-8,10,12-13H,1-5,9H2,(H,18,19). The van der Waals surface area contributed by atoms with Gasteiger partial charge >= 0.3 is 5.97 Å².